The van der Waals surface area contributed by atoms with E-state index in [-0.39, 0.29) is 11.9 Å². The number of piperidine rings is 1. The minimum absolute atomic E-state index is 0.0518. The van der Waals surface area contributed by atoms with E-state index in [1.165, 1.54) is 19.1 Å². The number of hydrogen-bond acceptors (Lipinski definition) is 7. The van der Waals surface area contributed by atoms with Crippen LogP contribution in [0, 0.1) is 0 Å². The van der Waals surface area contributed by atoms with Crippen LogP contribution in [0.25, 0.3) is 0 Å². The van der Waals surface area contributed by atoms with E-state index < -0.39 is 0 Å². The average Bonchev–Trinajstić information content (AvgIpc) is 2.83. The first kappa shape index (κ1) is 13.1. The topological polar surface area (TPSA) is 81.2 Å². The zero-order valence-electron chi connectivity index (χ0n) is 10.8. The van der Waals surface area contributed by atoms with Crippen molar-refractivity contribution in [3.8, 4) is 0 Å². The molecule has 0 bridgehead atoms. The van der Waals surface area contributed by atoms with Crippen LogP contribution in [-0.2, 0) is 9.63 Å². The molecule has 18 heavy (non-hydrogen) atoms. The first-order valence-electron chi connectivity index (χ1n) is 6.09. The quantitative estimate of drug-likeness (QED) is 0.547. The van der Waals surface area contributed by atoms with Gasteiger partial charge in [-0.05, 0) is 19.4 Å². The molecule has 2 aliphatic heterocycles. The Balaban J connectivity index is 1.89. The maximum atomic E-state index is 11.5. The highest BCUT2D eigenvalue weighted by Gasteiger charge is 2.28. The monoisotopic (exact) mass is 256 g/mol. The molecule has 2 rings (SSSR count). The number of amidine groups is 1. The summed E-state index contributed by atoms with van der Waals surface area (Å²) in [6.07, 6.45) is 2.02. The maximum absolute atomic E-state index is 11.5. The largest absolute Gasteiger partial charge is 0.294 e. The zero-order chi connectivity index (χ0) is 13.0. The number of hydrazone groups is 1. The highest BCUT2D eigenvalue weighted by molar-refractivity contribution is 5.84. The Morgan fingerprint density at radius 1 is 1.67 bits per heavy atom. The number of likely N-dealkylation sites (tertiary alicyclic amines) is 1. The van der Waals surface area contributed by atoms with E-state index in [9.17, 15) is 4.79 Å². The summed E-state index contributed by atoms with van der Waals surface area (Å²) in [7, 11) is 1.54. The molecule has 2 heterocycles. The van der Waals surface area contributed by atoms with Gasteiger partial charge in [0.2, 0.25) is 5.91 Å². The summed E-state index contributed by atoms with van der Waals surface area (Å²) in [4.78, 5) is 18.9. The zero-order valence-corrected chi connectivity index (χ0v) is 10.8. The third-order valence-corrected chi connectivity index (χ3v) is 3.15. The van der Waals surface area contributed by atoms with E-state index in [0.29, 0.717) is 0 Å². The van der Waals surface area contributed by atoms with Gasteiger partial charge in [0.25, 0.3) is 0 Å². The number of carbonyl (C=O) groups is 1. The molecule has 8 heteroatoms. The number of nitrogens with one attached hydrogen (secondary N) is 3. The molecule has 1 fully saturated rings. The molecule has 3 N–H and O–H groups in total. The van der Waals surface area contributed by atoms with E-state index >= 15 is 0 Å². The lowest BCUT2D eigenvalue weighted by Gasteiger charge is -2.37. The number of amides is 1. The van der Waals surface area contributed by atoms with Crippen molar-refractivity contribution < 1.29 is 9.63 Å². The summed E-state index contributed by atoms with van der Waals surface area (Å²) >= 11 is 0. The van der Waals surface area contributed by atoms with Crippen LogP contribution >= 0.6 is 0 Å². The molecule has 0 saturated carbocycles. The molecular weight excluding hydrogens is 236 g/mol. The van der Waals surface area contributed by atoms with Gasteiger partial charge in [-0.2, -0.15) is 0 Å². The standard InChI is InChI=1S/C10H20N6O2/c1-8(17)16(18-2)9-4-3-5-15(6-9)7-10-11-13-14-12-10/h9,13-14H,3-7H2,1-2H3,(H,11,12). The number of hydrogen-bond donors (Lipinski definition) is 3. The predicted molar refractivity (Wildman–Crippen MR) is 65.8 cm³/mol. The summed E-state index contributed by atoms with van der Waals surface area (Å²) in [5.41, 5.74) is 8.26. The molecule has 1 atom stereocenters. The predicted octanol–water partition coefficient (Wildman–Crippen LogP) is -1.21. The van der Waals surface area contributed by atoms with E-state index in [4.69, 9.17) is 4.84 Å². The minimum atomic E-state index is -0.0518. The highest BCUT2D eigenvalue weighted by atomic mass is 16.7. The molecule has 0 spiro atoms. The van der Waals surface area contributed by atoms with Gasteiger partial charge in [-0.1, -0.05) is 0 Å². The van der Waals surface area contributed by atoms with Crippen LogP contribution in [0.4, 0.5) is 0 Å². The van der Waals surface area contributed by atoms with Gasteiger partial charge in [0, 0.05) is 13.5 Å². The molecule has 0 aromatic heterocycles. The number of carbonyl (C=O) groups excluding carboxylic acids is 1. The van der Waals surface area contributed by atoms with Gasteiger partial charge in [-0.3, -0.25) is 20.0 Å². The van der Waals surface area contributed by atoms with Crippen molar-refractivity contribution in [2.45, 2.75) is 25.8 Å². The van der Waals surface area contributed by atoms with Crippen molar-refractivity contribution >= 4 is 11.7 Å². The SMILES string of the molecule is CON(C(C)=O)C1CCCN(CC2=NNNN2)C1. The summed E-state index contributed by atoms with van der Waals surface area (Å²) in [6.45, 7) is 4.06. The van der Waals surface area contributed by atoms with Crippen molar-refractivity contribution in [2.24, 2.45) is 5.10 Å². The van der Waals surface area contributed by atoms with E-state index in [1.54, 1.807) is 0 Å². The van der Waals surface area contributed by atoms with Gasteiger partial charge in [0.1, 0.15) is 0 Å². The Morgan fingerprint density at radius 2 is 2.50 bits per heavy atom. The van der Waals surface area contributed by atoms with Crippen LogP contribution in [0.5, 0.6) is 0 Å². The van der Waals surface area contributed by atoms with Crippen molar-refractivity contribution in [1.82, 2.24) is 26.5 Å². The molecule has 0 aliphatic carbocycles. The first-order valence-corrected chi connectivity index (χ1v) is 6.09. The van der Waals surface area contributed by atoms with Crippen molar-refractivity contribution in [1.29, 1.82) is 0 Å². The molecule has 8 nitrogen and oxygen atoms in total. The molecule has 1 saturated heterocycles. The fraction of sp³-hybridized carbons (Fsp3) is 0.800. The van der Waals surface area contributed by atoms with E-state index in [1.807, 2.05) is 0 Å². The van der Waals surface area contributed by atoms with Crippen LogP contribution in [0.15, 0.2) is 5.10 Å². The van der Waals surface area contributed by atoms with Gasteiger partial charge in [0.15, 0.2) is 5.84 Å². The second-order valence-corrected chi connectivity index (χ2v) is 4.48. The summed E-state index contributed by atoms with van der Waals surface area (Å²) in [6, 6.07) is 0.115. The van der Waals surface area contributed by atoms with Crippen molar-refractivity contribution in [2.75, 3.05) is 26.7 Å². The first-order chi connectivity index (χ1) is 8.70. The van der Waals surface area contributed by atoms with Crippen LogP contribution in [0.1, 0.15) is 19.8 Å². The van der Waals surface area contributed by atoms with Crippen molar-refractivity contribution in [3.05, 3.63) is 0 Å². The fourth-order valence-electron chi connectivity index (χ4n) is 2.41. The van der Waals surface area contributed by atoms with Gasteiger partial charge < -0.3 is 0 Å². The number of rotatable bonds is 4. The molecule has 0 aromatic carbocycles. The minimum Gasteiger partial charge on any atom is -0.294 e. The van der Waals surface area contributed by atoms with Gasteiger partial charge >= 0.3 is 0 Å². The third kappa shape index (κ3) is 3.09. The molecule has 0 radical (unpaired) electrons. The van der Waals surface area contributed by atoms with Gasteiger partial charge in [-0.15, -0.1) is 10.6 Å². The molecule has 0 aromatic rings. The Hall–Kier alpha value is -1.38. The van der Waals surface area contributed by atoms with Gasteiger partial charge in [-0.25, -0.2) is 10.6 Å². The third-order valence-electron chi connectivity index (χ3n) is 3.15. The Bertz CT molecular complexity index is 334. The van der Waals surface area contributed by atoms with E-state index in [2.05, 4.69) is 26.5 Å². The molecule has 1 unspecified atom stereocenters. The normalized spacial score (nSPS) is 24.1. The smallest absolute Gasteiger partial charge is 0.243 e. The lowest BCUT2D eigenvalue weighted by molar-refractivity contribution is -0.190. The van der Waals surface area contributed by atoms with Crippen LogP contribution in [-0.4, -0.2) is 54.5 Å². The van der Waals surface area contributed by atoms with Crippen LogP contribution < -0.4 is 16.5 Å². The second kappa shape index (κ2) is 5.98. The second-order valence-electron chi connectivity index (χ2n) is 4.48. The Labute approximate surface area is 106 Å². The maximum Gasteiger partial charge on any atom is 0.243 e. The average molecular weight is 256 g/mol. The van der Waals surface area contributed by atoms with Gasteiger partial charge in [0.05, 0.1) is 19.7 Å². The number of nitrogens with zero attached hydrogens (tertiary/aromatic N) is 3. The number of hydroxylamine groups is 2. The summed E-state index contributed by atoms with van der Waals surface area (Å²) < 4.78 is 0. The van der Waals surface area contributed by atoms with Crippen LogP contribution in [0.2, 0.25) is 0 Å². The molecule has 2 aliphatic rings. The lowest BCUT2D eigenvalue weighted by Crippen LogP contribution is -2.51. The number of hydrazine groups is 2. The van der Waals surface area contributed by atoms with Crippen molar-refractivity contribution in [3.63, 3.8) is 0 Å². The fourth-order valence-corrected chi connectivity index (χ4v) is 2.41. The highest BCUT2D eigenvalue weighted by Crippen LogP contribution is 2.16. The van der Waals surface area contributed by atoms with E-state index in [0.717, 1.165) is 38.3 Å². The molecular formula is C10H20N6O2. The molecule has 1 amide bonds. The lowest BCUT2D eigenvalue weighted by atomic mass is 10.1. The molecule has 102 valence electrons. The van der Waals surface area contributed by atoms with Crippen LogP contribution in [0.3, 0.4) is 0 Å². The Morgan fingerprint density at radius 3 is 3.11 bits per heavy atom. The summed E-state index contributed by atoms with van der Waals surface area (Å²) in [5.74, 6) is 0.798. The Kier molecular flexibility index (Phi) is 4.34. The summed E-state index contributed by atoms with van der Waals surface area (Å²) in [5, 5.41) is 5.51.